The molecule has 2 fully saturated rings. The van der Waals surface area contributed by atoms with Crippen LogP contribution in [0.25, 0.3) is 0 Å². The van der Waals surface area contributed by atoms with Gasteiger partial charge in [-0.05, 0) is 46.2 Å². The smallest absolute Gasteiger partial charge is 0.0594 e. The number of likely N-dealkylation sites (N-methyl/N-ethyl adjacent to an activating group) is 1. The Morgan fingerprint density at radius 2 is 1.87 bits per heavy atom. The summed E-state index contributed by atoms with van der Waals surface area (Å²) in [7, 11) is 0. The van der Waals surface area contributed by atoms with Gasteiger partial charge in [0.15, 0.2) is 0 Å². The first-order chi connectivity index (χ1) is 6.98. The lowest BCUT2D eigenvalue weighted by Gasteiger charge is -2.39. The fourth-order valence-corrected chi connectivity index (χ4v) is 3.67. The summed E-state index contributed by atoms with van der Waals surface area (Å²) in [6, 6.07) is 0.524. The summed E-state index contributed by atoms with van der Waals surface area (Å²) in [6.07, 6.45) is 3.38. The van der Waals surface area contributed by atoms with Gasteiger partial charge in [-0.25, -0.2) is 0 Å². The third-order valence-electron chi connectivity index (χ3n) is 4.77. The molecule has 3 nitrogen and oxygen atoms in total. The predicted molar refractivity (Wildman–Crippen MR) is 61.0 cm³/mol. The van der Waals surface area contributed by atoms with Crippen molar-refractivity contribution in [2.45, 2.75) is 64.1 Å². The van der Waals surface area contributed by atoms with Crippen LogP contribution in [-0.2, 0) is 0 Å². The second kappa shape index (κ2) is 3.44. The normalized spacial score (nSPS) is 45.6. The van der Waals surface area contributed by atoms with Crippen LogP contribution in [0.1, 0.15) is 47.0 Å². The van der Waals surface area contributed by atoms with E-state index in [9.17, 15) is 5.21 Å². The molecule has 0 saturated carbocycles. The molecule has 0 aromatic rings. The maximum absolute atomic E-state index is 10.3. The van der Waals surface area contributed by atoms with Crippen molar-refractivity contribution in [2.24, 2.45) is 0 Å². The fourth-order valence-electron chi connectivity index (χ4n) is 3.67. The van der Waals surface area contributed by atoms with Gasteiger partial charge in [-0.3, -0.25) is 4.90 Å². The van der Waals surface area contributed by atoms with Crippen LogP contribution in [0.5, 0.6) is 0 Å². The number of hydroxylamine groups is 2. The predicted octanol–water partition coefficient (Wildman–Crippen LogP) is 2.10. The Balaban J connectivity index is 2.24. The number of rotatable bonds is 3. The Bertz CT molecular complexity index is 254. The Morgan fingerprint density at radius 1 is 1.27 bits per heavy atom. The molecule has 2 aliphatic rings. The van der Waals surface area contributed by atoms with E-state index in [0.29, 0.717) is 6.04 Å². The van der Waals surface area contributed by atoms with E-state index in [1.54, 1.807) is 5.06 Å². The summed E-state index contributed by atoms with van der Waals surface area (Å²) < 4.78 is 0. The summed E-state index contributed by atoms with van der Waals surface area (Å²) in [6.45, 7) is 11.0. The van der Waals surface area contributed by atoms with E-state index in [0.717, 1.165) is 32.4 Å². The number of nitrogens with zero attached hydrogens (tertiary/aromatic N) is 2. The van der Waals surface area contributed by atoms with Gasteiger partial charge in [0.1, 0.15) is 0 Å². The standard InChI is InChI=1S/C12H24N2O/c1-5-13(6-2)10-9-11(3)7-8-12(10,4)14(11)15/h10,15H,5-9H2,1-4H3. The Kier molecular flexibility index (Phi) is 2.61. The summed E-state index contributed by atoms with van der Waals surface area (Å²) in [5.41, 5.74) is 0.0166. The van der Waals surface area contributed by atoms with E-state index in [1.165, 1.54) is 0 Å². The highest BCUT2D eigenvalue weighted by atomic mass is 16.5. The van der Waals surface area contributed by atoms with Gasteiger partial charge in [0.05, 0.1) is 5.54 Å². The molecule has 2 heterocycles. The van der Waals surface area contributed by atoms with Gasteiger partial charge in [-0.1, -0.05) is 13.8 Å². The molecule has 2 aliphatic heterocycles. The Hall–Kier alpha value is -0.120. The quantitative estimate of drug-likeness (QED) is 0.776. The monoisotopic (exact) mass is 212 g/mol. The van der Waals surface area contributed by atoms with Gasteiger partial charge in [0.25, 0.3) is 0 Å². The zero-order valence-corrected chi connectivity index (χ0v) is 10.5. The van der Waals surface area contributed by atoms with Crippen LogP contribution in [0, 0.1) is 0 Å². The van der Waals surface area contributed by atoms with Gasteiger partial charge >= 0.3 is 0 Å². The maximum Gasteiger partial charge on any atom is 0.0594 e. The van der Waals surface area contributed by atoms with Crippen molar-refractivity contribution in [3.63, 3.8) is 0 Å². The first kappa shape index (κ1) is 11.4. The molecule has 1 N–H and O–H groups in total. The lowest BCUT2D eigenvalue weighted by atomic mass is 9.79. The summed E-state index contributed by atoms with van der Waals surface area (Å²) >= 11 is 0. The highest BCUT2D eigenvalue weighted by Crippen LogP contribution is 2.53. The second-order valence-corrected chi connectivity index (χ2v) is 5.61. The van der Waals surface area contributed by atoms with Gasteiger partial charge in [0, 0.05) is 11.6 Å². The van der Waals surface area contributed by atoms with Gasteiger partial charge in [0.2, 0.25) is 0 Å². The molecule has 3 unspecified atom stereocenters. The number of hydrogen-bond acceptors (Lipinski definition) is 3. The highest BCUT2D eigenvalue weighted by molar-refractivity contribution is 5.16. The molecule has 88 valence electrons. The van der Waals surface area contributed by atoms with E-state index in [1.807, 2.05) is 0 Å². The minimum absolute atomic E-state index is 0.0131. The van der Waals surface area contributed by atoms with Gasteiger partial charge in [-0.15, -0.1) is 0 Å². The average Bonchev–Trinajstić information content (AvgIpc) is 2.55. The van der Waals surface area contributed by atoms with Crippen LogP contribution >= 0.6 is 0 Å². The first-order valence-electron chi connectivity index (χ1n) is 6.21. The van der Waals surface area contributed by atoms with Gasteiger partial charge in [-0.2, -0.15) is 5.06 Å². The third-order valence-corrected chi connectivity index (χ3v) is 4.77. The van der Waals surface area contributed by atoms with Crippen molar-refractivity contribution in [1.29, 1.82) is 0 Å². The number of fused-ring (bicyclic) bond motifs is 2. The molecule has 3 atom stereocenters. The third kappa shape index (κ3) is 1.37. The van der Waals surface area contributed by atoms with Crippen molar-refractivity contribution in [3.8, 4) is 0 Å². The molecule has 2 bridgehead atoms. The minimum atomic E-state index is -0.0131. The van der Waals surface area contributed by atoms with E-state index in [2.05, 4.69) is 32.6 Å². The lowest BCUT2D eigenvalue weighted by molar-refractivity contribution is -0.178. The van der Waals surface area contributed by atoms with E-state index in [4.69, 9.17) is 0 Å². The topological polar surface area (TPSA) is 26.7 Å². The van der Waals surface area contributed by atoms with Crippen molar-refractivity contribution in [1.82, 2.24) is 9.96 Å². The molecule has 0 aliphatic carbocycles. The minimum Gasteiger partial charge on any atom is -0.313 e. The van der Waals surface area contributed by atoms with E-state index >= 15 is 0 Å². The summed E-state index contributed by atoms with van der Waals surface area (Å²) in [4.78, 5) is 2.49. The van der Waals surface area contributed by atoms with E-state index < -0.39 is 0 Å². The molecule has 0 radical (unpaired) electrons. The second-order valence-electron chi connectivity index (χ2n) is 5.61. The lowest BCUT2D eigenvalue weighted by Crippen LogP contribution is -2.52. The summed E-state index contributed by atoms with van der Waals surface area (Å²) in [5, 5.41) is 11.9. The van der Waals surface area contributed by atoms with Crippen LogP contribution in [0.3, 0.4) is 0 Å². The molecule has 2 rings (SSSR count). The van der Waals surface area contributed by atoms with Crippen molar-refractivity contribution >= 4 is 0 Å². The molecule has 0 aromatic heterocycles. The first-order valence-corrected chi connectivity index (χ1v) is 6.21. The molecule has 0 amide bonds. The van der Waals surface area contributed by atoms with Gasteiger partial charge < -0.3 is 5.21 Å². The SMILES string of the molecule is CCN(CC)C1CC2(C)CCC1(C)N2O. The van der Waals surface area contributed by atoms with Crippen molar-refractivity contribution < 1.29 is 5.21 Å². The van der Waals surface area contributed by atoms with Crippen LogP contribution in [0.2, 0.25) is 0 Å². The average molecular weight is 212 g/mol. The zero-order valence-electron chi connectivity index (χ0n) is 10.5. The highest BCUT2D eigenvalue weighted by Gasteiger charge is 2.62. The van der Waals surface area contributed by atoms with Crippen LogP contribution in [0.15, 0.2) is 0 Å². The molecule has 2 saturated heterocycles. The number of hydrogen-bond donors (Lipinski definition) is 1. The molecular weight excluding hydrogens is 188 g/mol. The van der Waals surface area contributed by atoms with E-state index in [-0.39, 0.29) is 11.1 Å². The summed E-state index contributed by atoms with van der Waals surface area (Å²) in [5.74, 6) is 0. The molecule has 0 aromatic carbocycles. The molecule has 3 heteroatoms. The van der Waals surface area contributed by atoms with Crippen molar-refractivity contribution in [2.75, 3.05) is 13.1 Å². The van der Waals surface area contributed by atoms with Crippen molar-refractivity contribution in [3.05, 3.63) is 0 Å². The largest absolute Gasteiger partial charge is 0.313 e. The Labute approximate surface area is 93.0 Å². The van der Waals surface area contributed by atoms with Crippen LogP contribution < -0.4 is 0 Å². The fraction of sp³-hybridized carbons (Fsp3) is 1.00. The van der Waals surface area contributed by atoms with Crippen LogP contribution in [0.4, 0.5) is 0 Å². The molecule has 0 spiro atoms. The maximum atomic E-state index is 10.3. The zero-order chi connectivity index (χ0) is 11.3. The van der Waals surface area contributed by atoms with Crippen LogP contribution in [-0.4, -0.2) is 45.4 Å². The molecule has 15 heavy (non-hydrogen) atoms. The Morgan fingerprint density at radius 3 is 2.20 bits per heavy atom. The molecular formula is C12H24N2O.